The molecule has 0 radical (unpaired) electrons. The molecule has 0 unspecified atom stereocenters. The molecule has 3 aromatic rings. The molecule has 0 aromatic carbocycles. The van der Waals surface area contributed by atoms with Gasteiger partial charge in [0.1, 0.15) is 0 Å². The Morgan fingerprint density at radius 3 is 2.83 bits per heavy atom. The van der Waals surface area contributed by atoms with Gasteiger partial charge < -0.3 is 5.32 Å². The first-order chi connectivity index (χ1) is 11.4. The van der Waals surface area contributed by atoms with Crippen molar-refractivity contribution in [3.8, 4) is 0 Å². The third-order valence-corrected chi connectivity index (χ3v) is 4.18. The fourth-order valence-corrected chi connectivity index (χ4v) is 3.07. The maximum atomic E-state index is 12.9. The first kappa shape index (κ1) is 16.2. The maximum Gasteiger partial charge on any atom is 0.252 e. The van der Waals surface area contributed by atoms with Gasteiger partial charge in [-0.25, -0.2) is 4.98 Å². The lowest BCUT2D eigenvalue weighted by molar-refractivity contribution is 0.0939. The van der Waals surface area contributed by atoms with Gasteiger partial charge >= 0.3 is 0 Å². The van der Waals surface area contributed by atoms with E-state index in [0.717, 1.165) is 34.7 Å². The number of nitrogens with one attached hydrogen (secondary N) is 1. The second-order valence-electron chi connectivity index (χ2n) is 5.99. The number of aryl methyl sites for hydroxylation is 4. The Kier molecular flexibility index (Phi) is 4.09. The van der Waals surface area contributed by atoms with Gasteiger partial charge in [-0.05, 0) is 39.8 Å². The van der Waals surface area contributed by atoms with E-state index in [0.29, 0.717) is 5.56 Å². The summed E-state index contributed by atoms with van der Waals surface area (Å²) in [5.74, 6) is -0.127. The van der Waals surface area contributed by atoms with Gasteiger partial charge in [-0.1, -0.05) is 0 Å². The number of fused-ring (bicyclic) bond motifs is 1. The highest BCUT2D eigenvalue weighted by Crippen LogP contribution is 2.22. The van der Waals surface area contributed by atoms with Crippen LogP contribution in [-0.2, 0) is 13.6 Å². The van der Waals surface area contributed by atoms with Crippen molar-refractivity contribution < 1.29 is 4.79 Å². The van der Waals surface area contributed by atoms with E-state index in [1.54, 1.807) is 10.9 Å². The number of hydrogen-bond donors (Lipinski definition) is 1. The van der Waals surface area contributed by atoms with E-state index in [1.807, 2.05) is 51.6 Å². The van der Waals surface area contributed by atoms with Crippen molar-refractivity contribution in [1.29, 1.82) is 0 Å². The molecule has 0 spiro atoms. The van der Waals surface area contributed by atoms with Gasteiger partial charge in [0.15, 0.2) is 5.65 Å². The summed E-state index contributed by atoms with van der Waals surface area (Å²) in [6.45, 7) is 8.53. The molecule has 0 saturated carbocycles. The Morgan fingerprint density at radius 1 is 1.38 bits per heavy atom. The highest BCUT2D eigenvalue weighted by molar-refractivity contribution is 6.06. The number of nitrogens with zero attached hydrogens (tertiary/aromatic N) is 5. The summed E-state index contributed by atoms with van der Waals surface area (Å²) in [5.41, 5.74) is 3.91. The van der Waals surface area contributed by atoms with Crippen molar-refractivity contribution in [2.45, 2.75) is 40.3 Å². The van der Waals surface area contributed by atoms with Crippen LogP contribution < -0.4 is 5.32 Å². The van der Waals surface area contributed by atoms with Gasteiger partial charge in [0, 0.05) is 25.5 Å². The summed E-state index contributed by atoms with van der Waals surface area (Å²) in [4.78, 5) is 17.4. The summed E-state index contributed by atoms with van der Waals surface area (Å²) in [6, 6.07) is 3.60. The molecule has 0 aliphatic heterocycles. The standard InChI is InChI=1S/C17H22N6O/c1-6-23-14(7-8-18-23)11(3)20-17(24)13-9-10(2)19-16-15(13)12(4)21-22(16)5/h7-9,11H,6H2,1-5H3,(H,20,24)/t11-/m0/s1. The van der Waals surface area contributed by atoms with Crippen LogP contribution in [0.4, 0.5) is 0 Å². The number of pyridine rings is 1. The molecule has 0 bridgehead atoms. The second-order valence-corrected chi connectivity index (χ2v) is 5.99. The first-order valence-corrected chi connectivity index (χ1v) is 8.05. The molecule has 0 saturated heterocycles. The number of rotatable bonds is 4. The van der Waals surface area contributed by atoms with Crippen molar-refractivity contribution in [2.75, 3.05) is 0 Å². The number of aromatic nitrogens is 5. The quantitative estimate of drug-likeness (QED) is 0.798. The molecule has 0 aliphatic carbocycles. The SMILES string of the molecule is CCn1nccc1[C@H](C)NC(=O)c1cc(C)nc2c1c(C)nn2C. The van der Waals surface area contributed by atoms with Gasteiger partial charge in [-0.3, -0.25) is 14.2 Å². The summed E-state index contributed by atoms with van der Waals surface area (Å²) >= 11 is 0. The monoisotopic (exact) mass is 326 g/mol. The fourth-order valence-electron chi connectivity index (χ4n) is 3.07. The predicted molar refractivity (Wildman–Crippen MR) is 91.8 cm³/mol. The van der Waals surface area contributed by atoms with Gasteiger partial charge in [-0.15, -0.1) is 0 Å². The molecule has 3 heterocycles. The van der Waals surface area contributed by atoms with Crippen LogP contribution in [0.25, 0.3) is 11.0 Å². The van der Waals surface area contributed by atoms with Crippen molar-refractivity contribution in [3.63, 3.8) is 0 Å². The van der Waals surface area contributed by atoms with E-state index in [2.05, 4.69) is 20.5 Å². The van der Waals surface area contributed by atoms with Crippen LogP contribution in [0.5, 0.6) is 0 Å². The van der Waals surface area contributed by atoms with Crippen LogP contribution in [0.15, 0.2) is 18.3 Å². The first-order valence-electron chi connectivity index (χ1n) is 8.05. The number of carbonyl (C=O) groups excluding carboxylic acids is 1. The second kappa shape index (κ2) is 6.07. The van der Waals surface area contributed by atoms with Crippen LogP contribution in [0, 0.1) is 13.8 Å². The average molecular weight is 326 g/mol. The lowest BCUT2D eigenvalue weighted by atomic mass is 10.1. The minimum atomic E-state index is -0.138. The minimum absolute atomic E-state index is 0.127. The smallest absolute Gasteiger partial charge is 0.252 e. The van der Waals surface area contributed by atoms with Crippen molar-refractivity contribution in [3.05, 3.63) is 41.0 Å². The molecular weight excluding hydrogens is 304 g/mol. The van der Waals surface area contributed by atoms with Crippen molar-refractivity contribution >= 4 is 16.9 Å². The third kappa shape index (κ3) is 2.66. The van der Waals surface area contributed by atoms with Gasteiger partial charge in [0.25, 0.3) is 5.91 Å². The van der Waals surface area contributed by atoms with E-state index in [1.165, 1.54) is 0 Å². The average Bonchev–Trinajstić information content (AvgIpc) is 3.11. The molecule has 0 aliphatic rings. The molecule has 1 amide bonds. The molecule has 1 atom stereocenters. The molecule has 1 N–H and O–H groups in total. The van der Waals surface area contributed by atoms with Gasteiger partial charge in [-0.2, -0.15) is 10.2 Å². The Hall–Kier alpha value is -2.70. The summed E-state index contributed by atoms with van der Waals surface area (Å²) < 4.78 is 3.59. The molecular formula is C17H22N6O. The van der Waals surface area contributed by atoms with Gasteiger partial charge in [0.05, 0.1) is 28.4 Å². The summed E-state index contributed by atoms with van der Waals surface area (Å²) in [7, 11) is 1.84. The molecule has 3 aromatic heterocycles. The largest absolute Gasteiger partial charge is 0.344 e. The minimum Gasteiger partial charge on any atom is -0.344 e. The van der Waals surface area contributed by atoms with E-state index >= 15 is 0 Å². The van der Waals surface area contributed by atoms with Crippen LogP contribution >= 0.6 is 0 Å². The van der Waals surface area contributed by atoms with Gasteiger partial charge in [0.2, 0.25) is 0 Å². The summed E-state index contributed by atoms with van der Waals surface area (Å²) in [5, 5.41) is 12.5. The Morgan fingerprint density at radius 2 is 2.12 bits per heavy atom. The Balaban J connectivity index is 1.97. The summed E-state index contributed by atoms with van der Waals surface area (Å²) in [6.07, 6.45) is 1.75. The van der Waals surface area contributed by atoms with E-state index < -0.39 is 0 Å². The van der Waals surface area contributed by atoms with Crippen LogP contribution in [-0.4, -0.2) is 30.5 Å². The van der Waals surface area contributed by atoms with E-state index in [-0.39, 0.29) is 11.9 Å². The third-order valence-electron chi connectivity index (χ3n) is 4.18. The zero-order valence-electron chi connectivity index (χ0n) is 14.7. The number of hydrogen-bond acceptors (Lipinski definition) is 4. The molecule has 7 nitrogen and oxygen atoms in total. The molecule has 3 rings (SSSR count). The highest BCUT2D eigenvalue weighted by atomic mass is 16.1. The van der Waals surface area contributed by atoms with Crippen molar-refractivity contribution in [1.82, 2.24) is 29.9 Å². The fraction of sp³-hybridized carbons (Fsp3) is 0.412. The zero-order chi connectivity index (χ0) is 17.4. The Bertz CT molecular complexity index is 907. The topological polar surface area (TPSA) is 77.6 Å². The highest BCUT2D eigenvalue weighted by Gasteiger charge is 2.20. The zero-order valence-corrected chi connectivity index (χ0v) is 14.7. The van der Waals surface area contributed by atoms with Crippen LogP contribution in [0.1, 0.15) is 47.3 Å². The maximum absolute atomic E-state index is 12.9. The van der Waals surface area contributed by atoms with Crippen LogP contribution in [0.3, 0.4) is 0 Å². The number of amides is 1. The molecule has 0 fully saturated rings. The number of carbonyl (C=O) groups is 1. The van der Waals surface area contributed by atoms with E-state index in [4.69, 9.17) is 0 Å². The lowest BCUT2D eigenvalue weighted by Crippen LogP contribution is -2.28. The lowest BCUT2D eigenvalue weighted by Gasteiger charge is -2.16. The Labute approximate surface area is 140 Å². The van der Waals surface area contributed by atoms with E-state index in [9.17, 15) is 4.79 Å². The van der Waals surface area contributed by atoms with Crippen molar-refractivity contribution in [2.24, 2.45) is 7.05 Å². The molecule has 24 heavy (non-hydrogen) atoms. The van der Waals surface area contributed by atoms with Crippen LogP contribution in [0.2, 0.25) is 0 Å². The predicted octanol–water partition coefficient (Wildman–Crippen LogP) is 2.29. The molecule has 126 valence electrons. The normalized spacial score (nSPS) is 12.5. The molecule has 7 heteroatoms.